The van der Waals surface area contributed by atoms with Gasteiger partial charge in [-0.2, -0.15) is 0 Å². The zero-order valence-electron chi connectivity index (χ0n) is 13.6. The molecule has 1 aliphatic rings. The van der Waals surface area contributed by atoms with Crippen LogP contribution in [0, 0.1) is 5.82 Å². The fourth-order valence-electron chi connectivity index (χ4n) is 2.67. The van der Waals surface area contributed by atoms with E-state index < -0.39 is 0 Å². The first-order valence-corrected chi connectivity index (χ1v) is 7.48. The highest BCUT2D eigenvalue weighted by Gasteiger charge is 2.28. The molecule has 0 saturated carbocycles. The van der Waals surface area contributed by atoms with Crippen molar-refractivity contribution in [2.24, 2.45) is 0 Å². The Kier molecular flexibility index (Phi) is 8.31. The number of aromatic nitrogens is 2. The molecule has 2 aromatic rings. The maximum Gasteiger partial charge on any atom is 0.237 e. The van der Waals surface area contributed by atoms with Crippen molar-refractivity contribution in [3.63, 3.8) is 0 Å². The third-order valence-electron chi connectivity index (χ3n) is 4.00. The molecule has 0 bridgehead atoms. The summed E-state index contributed by atoms with van der Waals surface area (Å²) in [6, 6.07) is 4.64. The monoisotopic (exact) mass is 390 g/mol. The van der Waals surface area contributed by atoms with Gasteiger partial charge in [-0.3, -0.25) is 4.79 Å². The topological polar surface area (TPSA) is 68.2 Å². The normalized spacial score (nSPS) is 19.0. The molecule has 0 spiro atoms. The van der Waals surface area contributed by atoms with E-state index in [4.69, 9.17) is 4.74 Å². The van der Waals surface area contributed by atoms with Crippen molar-refractivity contribution >= 4 is 30.7 Å². The van der Waals surface area contributed by atoms with Gasteiger partial charge in [0.1, 0.15) is 5.82 Å². The summed E-state index contributed by atoms with van der Waals surface area (Å²) in [4.78, 5) is 16.0. The van der Waals surface area contributed by atoms with E-state index in [0.717, 1.165) is 0 Å². The lowest BCUT2D eigenvalue weighted by Gasteiger charge is -2.12. The minimum atomic E-state index is -0.354. The van der Waals surface area contributed by atoms with Gasteiger partial charge in [0.15, 0.2) is 0 Å². The molecule has 2 heterocycles. The van der Waals surface area contributed by atoms with Gasteiger partial charge in [-0.05, 0) is 24.1 Å². The molecule has 138 valence electrons. The van der Waals surface area contributed by atoms with Crippen LogP contribution in [0.5, 0.6) is 0 Å². The molecule has 9 heteroatoms. The van der Waals surface area contributed by atoms with Crippen LogP contribution in [-0.4, -0.2) is 41.3 Å². The van der Waals surface area contributed by atoms with Gasteiger partial charge in [-0.25, -0.2) is 9.37 Å². The van der Waals surface area contributed by atoms with Crippen molar-refractivity contribution in [2.45, 2.75) is 25.1 Å². The molecule has 6 nitrogen and oxygen atoms in total. The largest absolute Gasteiger partial charge is 0.380 e. The Morgan fingerprint density at radius 3 is 2.88 bits per heavy atom. The van der Waals surface area contributed by atoms with Gasteiger partial charge in [0, 0.05) is 32.6 Å². The average Bonchev–Trinajstić information content (AvgIpc) is 3.24. The number of hydrogen-bond acceptors (Lipinski definition) is 4. The molecule has 0 radical (unpaired) electrons. The fraction of sp³-hybridized carbons (Fsp3) is 0.375. The molecule has 0 unspecified atom stereocenters. The SMILES string of the molecule is CO[C@@H]1CN[C@H](C(=O)NCc2ccc(-n3ccnc3)c(F)c2)C1.Cl.Cl. The summed E-state index contributed by atoms with van der Waals surface area (Å²) in [7, 11) is 1.64. The van der Waals surface area contributed by atoms with Gasteiger partial charge >= 0.3 is 0 Å². The summed E-state index contributed by atoms with van der Waals surface area (Å²) < 4.78 is 21.0. The minimum Gasteiger partial charge on any atom is -0.380 e. The first-order chi connectivity index (χ1) is 11.2. The Hall–Kier alpha value is -1.67. The molecule has 1 fully saturated rings. The van der Waals surface area contributed by atoms with Gasteiger partial charge in [0.25, 0.3) is 0 Å². The van der Waals surface area contributed by atoms with Crippen molar-refractivity contribution in [2.75, 3.05) is 13.7 Å². The Bertz CT molecular complexity index is 685. The van der Waals surface area contributed by atoms with E-state index in [1.54, 1.807) is 36.2 Å². The molecule has 1 saturated heterocycles. The number of imidazole rings is 1. The number of carbonyl (C=O) groups excluding carboxylic acids is 1. The number of amides is 1. The predicted octanol–water partition coefficient (Wildman–Crippen LogP) is 1.85. The Morgan fingerprint density at radius 1 is 1.48 bits per heavy atom. The molecule has 1 aliphatic heterocycles. The lowest BCUT2D eigenvalue weighted by molar-refractivity contribution is -0.123. The molecular weight excluding hydrogens is 370 g/mol. The maximum atomic E-state index is 14.1. The summed E-state index contributed by atoms with van der Waals surface area (Å²) in [5.41, 5.74) is 1.14. The number of hydrogen-bond donors (Lipinski definition) is 2. The maximum absolute atomic E-state index is 14.1. The quantitative estimate of drug-likeness (QED) is 0.817. The molecular formula is C16H21Cl2FN4O2. The third kappa shape index (κ3) is 5.15. The zero-order valence-corrected chi connectivity index (χ0v) is 15.3. The second kappa shape index (κ2) is 9.72. The average molecular weight is 391 g/mol. The molecule has 0 aliphatic carbocycles. The van der Waals surface area contributed by atoms with E-state index in [1.165, 1.54) is 12.4 Å². The number of nitrogens with zero attached hydrogens (tertiary/aromatic N) is 2. The molecule has 3 rings (SSSR count). The Morgan fingerprint density at radius 2 is 2.28 bits per heavy atom. The van der Waals surface area contributed by atoms with Gasteiger partial charge in [-0.15, -0.1) is 24.8 Å². The van der Waals surface area contributed by atoms with Gasteiger partial charge in [0.05, 0.1) is 24.2 Å². The molecule has 25 heavy (non-hydrogen) atoms. The molecule has 1 amide bonds. The van der Waals surface area contributed by atoms with Crippen LogP contribution in [0.15, 0.2) is 36.9 Å². The molecule has 2 N–H and O–H groups in total. The highest BCUT2D eigenvalue weighted by Crippen LogP contribution is 2.15. The van der Waals surface area contributed by atoms with Gasteiger partial charge in [0.2, 0.25) is 5.91 Å². The van der Waals surface area contributed by atoms with E-state index in [9.17, 15) is 9.18 Å². The van der Waals surface area contributed by atoms with Crippen LogP contribution in [0.2, 0.25) is 0 Å². The van der Waals surface area contributed by atoms with Crippen molar-refractivity contribution in [3.05, 3.63) is 48.3 Å². The van der Waals surface area contributed by atoms with Crippen LogP contribution < -0.4 is 10.6 Å². The summed E-state index contributed by atoms with van der Waals surface area (Å²) >= 11 is 0. The summed E-state index contributed by atoms with van der Waals surface area (Å²) in [5.74, 6) is -0.447. The minimum absolute atomic E-state index is 0. The highest BCUT2D eigenvalue weighted by molar-refractivity contribution is 5.85. The standard InChI is InChI=1S/C16H19FN4O2.2ClH/c1-23-12-7-14(19-9-12)16(22)20-8-11-2-3-15(13(17)6-11)21-5-4-18-10-21;;/h2-6,10,12,14,19H,7-9H2,1H3,(H,20,22);2*1H/t12-,14-;;/m0../s1. The van der Waals surface area contributed by atoms with Crippen LogP contribution in [0.4, 0.5) is 4.39 Å². The van der Waals surface area contributed by atoms with Crippen LogP contribution in [0.25, 0.3) is 5.69 Å². The number of nitrogens with one attached hydrogen (secondary N) is 2. The van der Waals surface area contributed by atoms with Crippen LogP contribution in [-0.2, 0) is 16.1 Å². The van der Waals surface area contributed by atoms with E-state index in [2.05, 4.69) is 15.6 Å². The predicted molar refractivity (Wildman–Crippen MR) is 97.1 cm³/mol. The van der Waals surface area contributed by atoms with E-state index >= 15 is 0 Å². The summed E-state index contributed by atoms with van der Waals surface area (Å²) in [5, 5.41) is 5.94. The number of methoxy groups -OCH3 is 1. The van der Waals surface area contributed by atoms with Gasteiger partial charge < -0.3 is 19.9 Å². The summed E-state index contributed by atoms with van der Waals surface area (Å²) in [6.07, 6.45) is 5.53. The first-order valence-electron chi connectivity index (χ1n) is 7.48. The van der Waals surface area contributed by atoms with Crippen LogP contribution >= 0.6 is 24.8 Å². The van der Waals surface area contributed by atoms with Crippen LogP contribution in [0.3, 0.4) is 0 Å². The summed E-state index contributed by atoms with van der Waals surface area (Å²) in [6.45, 7) is 0.957. The number of ether oxygens (including phenoxy) is 1. The Labute approximate surface area is 158 Å². The lowest BCUT2D eigenvalue weighted by atomic mass is 10.1. The molecule has 1 aromatic heterocycles. The Balaban J connectivity index is 0.00000156. The van der Waals surface area contributed by atoms with E-state index in [0.29, 0.717) is 24.2 Å². The second-order valence-electron chi connectivity index (χ2n) is 5.53. The van der Waals surface area contributed by atoms with Crippen molar-refractivity contribution in [1.82, 2.24) is 20.2 Å². The molecule has 2 atom stereocenters. The third-order valence-corrected chi connectivity index (χ3v) is 4.00. The fourth-order valence-corrected chi connectivity index (χ4v) is 2.67. The zero-order chi connectivity index (χ0) is 16.2. The number of benzene rings is 1. The van der Waals surface area contributed by atoms with Crippen LogP contribution in [0.1, 0.15) is 12.0 Å². The number of carbonyl (C=O) groups is 1. The smallest absolute Gasteiger partial charge is 0.237 e. The second-order valence-corrected chi connectivity index (χ2v) is 5.53. The number of halogens is 3. The number of rotatable bonds is 5. The van der Waals surface area contributed by atoms with Crippen molar-refractivity contribution in [1.29, 1.82) is 0 Å². The van der Waals surface area contributed by atoms with E-state index in [1.807, 2.05) is 0 Å². The first kappa shape index (κ1) is 21.4. The van der Waals surface area contributed by atoms with Crippen molar-refractivity contribution < 1.29 is 13.9 Å². The highest BCUT2D eigenvalue weighted by atomic mass is 35.5. The van der Waals surface area contributed by atoms with E-state index in [-0.39, 0.29) is 55.2 Å². The van der Waals surface area contributed by atoms with Gasteiger partial charge in [-0.1, -0.05) is 6.07 Å². The molecule has 1 aromatic carbocycles. The lowest BCUT2D eigenvalue weighted by Crippen LogP contribution is -2.40. The van der Waals surface area contributed by atoms with Crippen molar-refractivity contribution in [3.8, 4) is 5.69 Å².